The molecule has 4 rings (SSSR count). The van der Waals surface area contributed by atoms with Gasteiger partial charge in [0.2, 0.25) is 0 Å². The molecule has 1 atom stereocenters. The van der Waals surface area contributed by atoms with Gasteiger partial charge in [0.25, 0.3) is 0 Å². The first-order valence-corrected chi connectivity index (χ1v) is 11.9. The van der Waals surface area contributed by atoms with Gasteiger partial charge in [0.15, 0.2) is 9.84 Å². The van der Waals surface area contributed by atoms with E-state index < -0.39 is 9.84 Å². The Morgan fingerprint density at radius 2 is 2.00 bits per heavy atom. The number of aromatic nitrogens is 1. The standard InChI is InChI=1S/C19H18Cl2N2O2S2/c20-13-7-8-14(21)18(12-13)27(24,25)11-10-23-9-3-5-16(23)19-22-15-4-1-2-6-17(15)26-19/h1-2,4,6-8,12,16H,3,5,9-11H2. The van der Waals surface area contributed by atoms with Gasteiger partial charge in [0.1, 0.15) is 5.01 Å². The quantitative estimate of drug-likeness (QED) is 0.545. The molecule has 0 spiro atoms. The normalized spacial score (nSPS) is 18.4. The third-order valence-electron chi connectivity index (χ3n) is 4.83. The molecule has 1 unspecified atom stereocenters. The van der Waals surface area contributed by atoms with Crippen LogP contribution >= 0.6 is 34.5 Å². The Kier molecular flexibility index (Phi) is 5.45. The minimum absolute atomic E-state index is 0.00839. The molecule has 2 heterocycles. The summed E-state index contributed by atoms with van der Waals surface area (Å²) in [7, 11) is -3.51. The van der Waals surface area contributed by atoms with E-state index in [1.165, 1.54) is 12.1 Å². The fraction of sp³-hybridized carbons (Fsp3) is 0.316. The number of benzene rings is 2. The predicted octanol–water partition coefficient (Wildman–Crippen LogP) is 5.21. The SMILES string of the molecule is O=S(=O)(CCN1CCCC1c1nc2ccccc2s1)c1cc(Cl)ccc1Cl. The van der Waals surface area contributed by atoms with E-state index in [0.29, 0.717) is 11.6 Å². The molecule has 4 nitrogen and oxygen atoms in total. The smallest absolute Gasteiger partial charge is 0.181 e. The van der Waals surface area contributed by atoms with Crippen LogP contribution in [0.1, 0.15) is 23.9 Å². The van der Waals surface area contributed by atoms with Gasteiger partial charge in [0, 0.05) is 11.6 Å². The number of nitrogens with zero attached hydrogens (tertiary/aromatic N) is 2. The molecule has 1 saturated heterocycles. The van der Waals surface area contributed by atoms with Crippen LogP contribution in [-0.4, -0.2) is 37.1 Å². The summed E-state index contributed by atoms with van der Waals surface area (Å²) >= 11 is 13.7. The van der Waals surface area contributed by atoms with Crippen molar-refractivity contribution >= 4 is 54.6 Å². The van der Waals surface area contributed by atoms with E-state index in [2.05, 4.69) is 11.0 Å². The molecule has 27 heavy (non-hydrogen) atoms. The molecule has 1 aromatic heterocycles. The molecule has 0 N–H and O–H groups in total. The van der Waals surface area contributed by atoms with E-state index in [1.807, 2.05) is 18.2 Å². The van der Waals surface area contributed by atoms with Gasteiger partial charge < -0.3 is 0 Å². The van der Waals surface area contributed by atoms with Gasteiger partial charge in [-0.15, -0.1) is 11.3 Å². The first kappa shape index (κ1) is 19.2. The van der Waals surface area contributed by atoms with E-state index in [1.54, 1.807) is 17.4 Å². The Morgan fingerprint density at radius 3 is 2.81 bits per heavy atom. The van der Waals surface area contributed by atoms with Crippen LogP contribution in [0.3, 0.4) is 0 Å². The molecule has 3 aromatic rings. The molecule has 0 aliphatic carbocycles. The molecule has 142 valence electrons. The summed E-state index contributed by atoms with van der Waals surface area (Å²) in [5.41, 5.74) is 1.00. The van der Waals surface area contributed by atoms with Gasteiger partial charge in [-0.05, 0) is 49.7 Å². The maximum atomic E-state index is 12.8. The summed E-state index contributed by atoms with van der Waals surface area (Å²) in [4.78, 5) is 7.08. The second kappa shape index (κ2) is 7.68. The highest BCUT2D eigenvalue weighted by Crippen LogP contribution is 2.36. The van der Waals surface area contributed by atoms with Crippen LogP contribution in [-0.2, 0) is 9.84 Å². The molecule has 0 bridgehead atoms. The van der Waals surface area contributed by atoms with Crippen LogP contribution in [0.4, 0.5) is 0 Å². The monoisotopic (exact) mass is 440 g/mol. The number of fused-ring (bicyclic) bond motifs is 1. The van der Waals surface area contributed by atoms with Crippen LogP contribution in [0.2, 0.25) is 10.0 Å². The minimum atomic E-state index is -3.51. The van der Waals surface area contributed by atoms with Gasteiger partial charge >= 0.3 is 0 Å². The number of sulfone groups is 1. The highest BCUT2D eigenvalue weighted by atomic mass is 35.5. The van der Waals surface area contributed by atoms with Crippen LogP contribution in [0.5, 0.6) is 0 Å². The van der Waals surface area contributed by atoms with Crippen LogP contribution in [0, 0.1) is 0 Å². The number of para-hydroxylation sites is 1. The number of rotatable bonds is 5. The average Bonchev–Trinajstić information content (AvgIpc) is 3.27. The topological polar surface area (TPSA) is 50.3 Å². The highest BCUT2D eigenvalue weighted by molar-refractivity contribution is 7.91. The van der Waals surface area contributed by atoms with Crippen LogP contribution < -0.4 is 0 Å². The van der Waals surface area contributed by atoms with E-state index in [-0.39, 0.29) is 21.7 Å². The Hall–Kier alpha value is -1.18. The molecular formula is C19H18Cl2N2O2S2. The van der Waals surface area contributed by atoms with Crippen molar-refractivity contribution in [1.29, 1.82) is 0 Å². The lowest BCUT2D eigenvalue weighted by Gasteiger charge is -2.22. The average molecular weight is 441 g/mol. The molecule has 1 fully saturated rings. The fourth-order valence-corrected chi connectivity index (χ4v) is 6.68. The van der Waals surface area contributed by atoms with E-state index in [0.717, 1.165) is 34.6 Å². The molecule has 8 heteroatoms. The van der Waals surface area contributed by atoms with Gasteiger partial charge in [-0.3, -0.25) is 4.90 Å². The van der Waals surface area contributed by atoms with Crippen molar-refractivity contribution in [1.82, 2.24) is 9.88 Å². The van der Waals surface area contributed by atoms with Gasteiger partial charge in [0.05, 0.1) is 31.9 Å². The molecule has 0 saturated carbocycles. The summed E-state index contributed by atoms with van der Waals surface area (Å²) in [6.07, 6.45) is 2.04. The maximum Gasteiger partial charge on any atom is 0.181 e. The lowest BCUT2D eigenvalue weighted by Crippen LogP contribution is -2.29. The lowest BCUT2D eigenvalue weighted by atomic mass is 10.2. The Balaban J connectivity index is 1.52. The number of hydrogen-bond acceptors (Lipinski definition) is 5. The second-order valence-electron chi connectivity index (χ2n) is 6.61. The van der Waals surface area contributed by atoms with Crippen molar-refractivity contribution in [3.05, 3.63) is 57.5 Å². The number of thiazole rings is 1. The lowest BCUT2D eigenvalue weighted by molar-refractivity contribution is 0.272. The van der Waals surface area contributed by atoms with Crippen molar-refractivity contribution in [2.45, 2.75) is 23.8 Å². The molecule has 2 aromatic carbocycles. The largest absolute Gasteiger partial charge is 0.293 e. The molecule has 1 aliphatic heterocycles. The number of likely N-dealkylation sites (tertiary alicyclic amines) is 1. The first-order valence-electron chi connectivity index (χ1n) is 8.71. The van der Waals surface area contributed by atoms with E-state index >= 15 is 0 Å². The van der Waals surface area contributed by atoms with Gasteiger partial charge in [-0.1, -0.05) is 35.3 Å². The van der Waals surface area contributed by atoms with Crippen molar-refractivity contribution in [3.8, 4) is 0 Å². The van der Waals surface area contributed by atoms with Crippen LogP contribution in [0.15, 0.2) is 47.4 Å². The minimum Gasteiger partial charge on any atom is -0.293 e. The molecular weight excluding hydrogens is 423 g/mol. The van der Waals surface area contributed by atoms with Crippen LogP contribution in [0.25, 0.3) is 10.2 Å². The van der Waals surface area contributed by atoms with Crippen molar-refractivity contribution in [2.75, 3.05) is 18.8 Å². The number of halogens is 2. The highest BCUT2D eigenvalue weighted by Gasteiger charge is 2.30. The molecule has 0 radical (unpaired) electrons. The maximum absolute atomic E-state index is 12.8. The van der Waals surface area contributed by atoms with E-state index in [9.17, 15) is 8.42 Å². The molecule has 1 aliphatic rings. The van der Waals surface area contributed by atoms with Gasteiger partial charge in [-0.25, -0.2) is 13.4 Å². The summed E-state index contributed by atoms with van der Waals surface area (Å²) in [5, 5.41) is 1.64. The molecule has 0 amide bonds. The Bertz CT molecular complexity index is 1050. The van der Waals surface area contributed by atoms with Gasteiger partial charge in [-0.2, -0.15) is 0 Å². The summed E-state index contributed by atoms with van der Waals surface area (Å²) < 4.78 is 26.7. The zero-order valence-corrected chi connectivity index (χ0v) is 17.6. The summed E-state index contributed by atoms with van der Waals surface area (Å²) in [6, 6.07) is 12.8. The predicted molar refractivity (Wildman–Crippen MR) is 112 cm³/mol. The van der Waals surface area contributed by atoms with E-state index in [4.69, 9.17) is 28.2 Å². The second-order valence-corrected chi connectivity index (χ2v) is 10.6. The Morgan fingerprint density at radius 1 is 1.19 bits per heavy atom. The first-order chi connectivity index (χ1) is 12.9. The van der Waals surface area contributed by atoms with Crippen molar-refractivity contribution in [3.63, 3.8) is 0 Å². The van der Waals surface area contributed by atoms with Crippen molar-refractivity contribution in [2.24, 2.45) is 0 Å². The summed E-state index contributed by atoms with van der Waals surface area (Å²) in [5.74, 6) is 0.00839. The zero-order chi connectivity index (χ0) is 19.0. The number of hydrogen-bond donors (Lipinski definition) is 0. The third-order valence-corrected chi connectivity index (χ3v) is 8.38. The summed E-state index contributed by atoms with van der Waals surface area (Å²) in [6.45, 7) is 1.32. The van der Waals surface area contributed by atoms with Crippen molar-refractivity contribution < 1.29 is 8.42 Å². The zero-order valence-electron chi connectivity index (χ0n) is 14.4. The Labute approximate surface area is 172 Å². The third kappa shape index (κ3) is 4.00. The fourth-order valence-electron chi connectivity index (χ4n) is 3.47.